The van der Waals surface area contributed by atoms with Gasteiger partial charge >= 0.3 is 6.01 Å². The molecule has 27 heavy (non-hydrogen) atoms. The molecule has 3 aromatic rings. The first-order valence-electron chi connectivity index (χ1n) is 9.06. The number of hydrogen-bond donors (Lipinski definition) is 1. The Labute approximate surface area is 156 Å². The van der Waals surface area contributed by atoms with Crippen molar-refractivity contribution in [1.29, 1.82) is 5.26 Å². The summed E-state index contributed by atoms with van der Waals surface area (Å²) in [5.41, 5.74) is 3.06. The number of rotatable bonds is 5. The zero-order valence-electron chi connectivity index (χ0n) is 15.1. The number of benzene rings is 1. The lowest BCUT2D eigenvalue weighted by Crippen LogP contribution is -2.25. The molecule has 1 fully saturated rings. The van der Waals surface area contributed by atoms with E-state index in [9.17, 15) is 9.65 Å². The number of nitrogens with one attached hydrogen (secondary N) is 1. The van der Waals surface area contributed by atoms with Gasteiger partial charge in [-0.15, -0.1) is 0 Å². The molecule has 1 N–H and O–H groups in total. The highest BCUT2D eigenvalue weighted by Gasteiger charge is 2.18. The van der Waals surface area contributed by atoms with Crippen LogP contribution in [0.3, 0.4) is 0 Å². The summed E-state index contributed by atoms with van der Waals surface area (Å²) in [6, 6.07) is 6.94. The van der Waals surface area contributed by atoms with E-state index in [1.165, 1.54) is 25.0 Å². The summed E-state index contributed by atoms with van der Waals surface area (Å²) in [5.74, 6) is -0.307. The van der Waals surface area contributed by atoms with Crippen molar-refractivity contribution in [3.05, 3.63) is 41.3 Å². The molecule has 0 saturated carbocycles. The molecule has 138 valence electrons. The number of fused-ring (bicyclic) bond motifs is 1. The third-order valence-electron chi connectivity index (χ3n) is 4.91. The number of H-pyrrole nitrogens is 1. The number of nitriles is 1. The van der Waals surface area contributed by atoms with Crippen LogP contribution >= 0.6 is 0 Å². The number of aromatic amines is 1. The minimum Gasteiger partial charge on any atom is -0.462 e. The largest absolute Gasteiger partial charge is 0.462 e. The molecule has 3 heterocycles. The molecular formula is C20H20FN5O. The fraction of sp³-hybridized carbons (Fsp3) is 0.350. The van der Waals surface area contributed by atoms with E-state index >= 15 is 0 Å². The van der Waals surface area contributed by atoms with E-state index in [2.05, 4.69) is 25.9 Å². The van der Waals surface area contributed by atoms with Crippen molar-refractivity contribution in [1.82, 2.24) is 19.9 Å². The Morgan fingerprint density at radius 3 is 2.85 bits per heavy atom. The fourth-order valence-corrected chi connectivity index (χ4v) is 3.53. The molecule has 1 saturated heterocycles. The second kappa shape index (κ2) is 7.33. The molecule has 1 aromatic carbocycles. The van der Waals surface area contributed by atoms with Gasteiger partial charge in [0.2, 0.25) is 0 Å². The second-order valence-electron chi connectivity index (χ2n) is 6.75. The van der Waals surface area contributed by atoms with Crippen molar-refractivity contribution in [3.63, 3.8) is 0 Å². The zero-order chi connectivity index (χ0) is 18.8. The topological polar surface area (TPSA) is 77.8 Å². The highest BCUT2D eigenvalue weighted by Crippen LogP contribution is 2.32. The van der Waals surface area contributed by atoms with Gasteiger partial charge in [-0.1, -0.05) is 0 Å². The number of aromatic nitrogens is 3. The van der Waals surface area contributed by atoms with Gasteiger partial charge in [-0.2, -0.15) is 15.2 Å². The first-order chi connectivity index (χ1) is 13.2. The number of likely N-dealkylation sites (tertiary alicyclic amines) is 1. The molecule has 6 nitrogen and oxygen atoms in total. The third-order valence-corrected chi connectivity index (χ3v) is 4.91. The van der Waals surface area contributed by atoms with E-state index < -0.39 is 0 Å². The summed E-state index contributed by atoms with van der Waals surface area (Å²) < 4.78 is 19.3. The highest BCUT2D eigenvalue weighted by atomic mass is 19.1. The van der Waals surface area contributed by atoms with Crippen molar-refractivity contribution in [2.24, 2.45) is 0 Å². The van der Waals surface area contributed by atoms with Crippen LogP contribution in [0.1, 0.15) is 24.0 Å². The molecule has 0 spiro atoms. The number of aryl methyl sites for hydroxylation is 1. The Hall–Kier alpha value is -2.98. The van der Waals surface area contributed by atoms with Crippen molar-refractivity contribution < 1.29 is 9.13 Å². The maximum Gasteiger partial charge on any atom is 0.319 e. The summed E-state index contributed by atoms with van der Waals surface area (Å²) >= 11 is 0. The third kappa shape index (κ3) is 3.49. The van der Waals surface area contributed by atoms with Gasteiger partial charge in [0.05, 0.1) is 16.6 Å². The Morgan fingerprint density at radius 1 is 1.30 bits per heavy atom. The molecule has 7 heteroatoms. The standard InChI is InChI=1S/C20H20FN5O/c1-13-10-15(21)4-5-16(13)18-17-14(11-22)12-23-19(17)25-20(24-18)27-9-8-26-6-2-3-7-26/h4-5,10,12H,2-3,6-9H2,1H3,(H,23,24,25). The summed E-state index contributed by atoms with van der Waals surface area (Å²) in [6.45, 7) is 5.36. The zero-order valence-corrected chi connectivity index (χ0v) is 15.1. The van der Waals surface area contributed by atoms with Crippen molar-refractivity contribution in [2.75, 3.05) is 26.2 Å². The summed E-state index contributed by atoms with van der Waals surface area (Å²) in [5, 5.41) is 10.0. The Morgan fingerprint density at radius 2 is 2.11 bits per heavy atom. The lowest BCUT2D eigenvalue weighted by atomic mass is 10.0. The maximum atomic E-state index is 13.5. The van der Waals surface area contributed by atoms with Crippen molar-refractivity contribution in [2.45, 2.75) is 19.8 Å². The van der Waals surface area contributed by atoms with Crippen LogP contribution in [0.4, 0.5) is 4.39 Å². The first-order valence-corrected chi connectivity index (χ1v) is 9.06. The van der Waals surface area contributed by atoms with Crippen LogP contribution < -0.4 is 4.74 Å². The van der Waals surface area contributed by atoms with Crippen LogP contribution in [0.25, 0.3) is 22.3 Å². The van der Waals surface area contributed by atoms with E-state index in [4.69, 9.17) is 4.74 Å². The van der Waals surface area contributed by atoms with E-state index in [0.29, 0.717) is 28.9 Å². The molecular weight excluding hydrogens is 345 g/mol. The van der Waals surface area contributed by atoms with Gasteiger partial charge in [0.15, 0.2) is 0 Å². The first kappa shape index (κ1) is 17.4. The number of nitrogens with zero attached hydrogens (tertiary/aromatic N) is 4. The van der Waals surface area contributed by atoms with Crippen molar-refractivity contribution >= 4 is 11.0 Å². The fourth-order valence-electron chi connectivity index (χ4n) is 3.53. The van der Waals surface area contributed by atoms with Gasteiger partial charge in [-0.05, 0) is 56.6 Å². The van der Waals surface area contributed by atoms with Gasteiger partial charge in [0, 0.05) is 18.3 Å². The normalized spacial score (nSPS) is 14.6. The molecule has 0 unspecified atom stereocenters. The van der Waals surface area contributed by atoms with E-state index in [1.807, 2.05) is 6.92 Å². The van der Waals surface area contributed by atoms with Gasteiger partial charge in [-0.25, -0.2) is 4.39 Å². The van der Waals surface area contributed by atoms with Crippen LogP contribution in [0.15, 0.2) is 24.4 Å². The van der Waals surface area contributed by atoms with Gasteiger partial charge < -0.3 is 9.72 Å². The highest BCUT2D eigenvalue weighted by molar-refractivity contribution is 5.96. The lowest BCUT2D eigenvalue weighted by molar-refractivity contribution is 0.226. The molecule has 0 atom stereocenters. The average Bonchev–Trinajstić information content (AvgIpc) is 3.30. The van der Waals surface area contributed by atoms with E-state index in [-0.39, 0.29) is 11.8 Å². The smallest absolute Gasteiger partial charge is 0.319 e. The van der Waals surface area contributed by atoms with Gasteiger partial charge in [-0.3, -0.25) is 4.90 Å². The lowest BCUT2D eigenvalue weighted by Gasteiger charge is -2.15. The maximum absolute atomic E-state index is 13.5. The predicted molar refractivity (Wildman–Crippen MR) is 99.9 cm³/mol. The van der Waals surface area contributed by atoms with Crippen LogP contribution in [-0.4, -0.2) is 46.1 Å². The Bertz CT molecular complexity index is 1020. The Kier molecular flexibility index (Phi) is 4.73. The quantitative estimate of drug-likeness (QED) is 0.750. The molecule has 0 bridgehead atoms. The minimum atomic E-state index is -0.307. The predicted octanol–water partition coefficient (Wildman–Crippen LogP) is 3.42. The number of hydrogen-bond acceptors (Lipinski definition) is 5. The molecule has 0 radical (unpaired) electrons. The monoisotopic (exact) mass is 365 g/mol. The summed E-state index contributed by atoms with van der Waals surface area (Å²) in [6.07, 6.45) is 4.07. The van der Waals surface area contributed by atoms with Gasteiger partial charge in [0.25, 0.3) is 0 Å². The van der Waals surface area contributed by atoms with Crippen LogP contribution in [0, 0.1) is 24.1 Å². The number of ether oxygens (including phenoxy) is 1. The van der Waals surface area contributed by atoms with Gasteiger partial charge in [0.1, 0.15) is 24.1 Å². The van der Waals surface area contributed by atoms with E-state index in [0.717, 1.165) is 30.8 Å². The molecule has 1 aliphatic heterocycles. The molecule has 1 aliphatic rings. The van der Waals surface area contributed by atoms with Crippen LogP contribution in [-0.2, 0) is 0 Å². The second-order valence-corrected chi connectivity index (χ2v) is 6.75. The minimum absolute atomic E-state index is 0.256. The average molecular weight is 365 g/mol. The Balaban J connectivity index is 1.71. The summed E-state index contributed by atoms with van der Waals surface area (Å²) in [4.78, 5) is 14.3. The summed E-state index contributed by atoms with van der Waals surface area (Å²) in [7, 11) is 0. The van der Waals surface area contributed by atoms with Crippen molar-refractivity contribution in [3.8, 4) is 23.3 Å². The SMILES string of the molecule is Cc1cc(F)ccc1-c1nc(OCCN2CCCC2)nc2[nH]cc(C#N)c12. The van der Waals surface area contributed by atoms with Crippen LogP contribution in [0.5, 0.6) is 6.01 Å². The van der Waals surface area contributed by atoms with E-state index in [1.54, 1.807) is 12.3 Å². The number of halogens is 1. The molecule has 2 aromatic heterocycles. The molecule has 0 amide bonds. The van der Waals surface area contributed by atoms with Crippen LogP contribution in [0.2, 0.25) is 0 Å². The molecule has 4 rings (SSSR count). The molecule has 0 aliphatic carbocycles.